The van der Waals surface area contributed by atoms with Crippen molar-refractivity contribution >= 4 is 17.5 Å². The van der Waals surface area contributed by atoms with Crippen LogP contribution in [0.1, 0.15) is 27.5 Å². The van der Waals surface area contributed by atoms with Crippen LogP contribution in [0.5, 0.6) is 0 Å². The Morgan fingerprint density at radius 1 is 0.857 bits per heavy atom. The second-order valence-corrected chi connectivity index (χ2v) is 5.22. The third-order valence-corrected chi connectivity index (χ3v) is 4.04. The molecule has 2 aliphatic rings. The summed E-state index contributed by atoms with van der Waals surface area (Å²) in [6.07, 6.45) is 0. The zero-order chi connectivity index (χ0) is 14.4. The molecule has 2 atom stereocenters. The number of benzene rings is 2. The number of carbonyl (C=O) groups excluding carboxylic acids is 2. The van der Waals surface area contributed by atoms with Gasteiger partial charge in [0.1, 0.15) is 0 Å². The molecule has 0 saturated heterocycles. The smallest absolute Gasteiger partial charge is 0.328 e. The first-order valence-corrected chi connectivity index (χ1v) is 6.83. The second kappa shape index (κ2) is 4.38. The van der Waals surface area contributed by atoms with Crippen molar-refractivity contribution in [1.82, 2.24) is 5.32 Å². The van der Waals surface area contributed by atoms with E-state index in [2.05, 4.69) is 10.3 Å². The van der Waals surface area contributed by atoms with Crippen LogP contribution in [0.4, 0.5) is 4.79 Å². The Morgan fingerprint density at radius 3 is 2.29 bits per heavy atom. The van der Waals surface area contributed by atoms with Crippen molar-refractivity contribution in [3.8, 4) is 0 Å². The SMILES string of the molecule is O=C1N=C2c3ccccc3C(=O)C2C(c2ccccc2)N1. The summed E-state index contributed by atoms with van der Waals surface area (Å²) in [5.74, 6) is -0.402. The molecule has 4 heteroatoms. The van der Waals surface area contributed by atoms with Crippen molar-refractivity contribution in [3.05, 3.63) is 71.3 Å². The highest BCUT2D eigenvalue weighted by Gasteiger charge is 2.45. The number of Topliss-reactive ketones (excluding diaryl/α,β-unsaturated/α-hetero) is 1. The van der Waals surface area contributed by atoms with Gasteiger partial charge in [0.2, 0.25) is 0 Å². The molecule has 2 amide bonds. The number of aliphatic imine (C=N–C) groups is 1. The van der Waals surface area contributed by atoms with Crippen LogP contribution in [0, 0.1) is 5.92 Å². The summed E-state index contributed by atoms with van der Waals surface area (Å²) in [5.41, 5.74) is 2.94. The molecule has 0 fully saturated rings. The molecule has 1 aliphatic heterocycles. The number of rotatable bonds is 1. The molecule has 2 aromatic carbocycles. The standard InChI is InChI=1S/C17H12N2O2/c20-16-12-9-5-4-8-11(12)15-13(16)14(18-17(21)19-15)10-6-2-1-3-7-10/h1-9,13-14H,(H,18,21). The van der Waals surface area contributed by atoms with Gasteiger partial charge in [0.05, 0.1) is 17.7 Å². The number of hydrogen-bond acceptors (Lipinski definition) is 2. The maximum absolute atomic E-state index is 12.7. The van der Waals surface area contributed by atoms with Crippen molar-refractivity contribution in [3.63, 3.8) is 0 Å². The second-order valence-electron chi connectivity index (χ2n) is 5.22. The van der Waals surface area contributed by atoms with Gasteiger partial charge in [-0.05, 0) is 5.56 Å². The van der Waals surface area contributed by atoms with Gasteiger partial charge in [-0.15, -0.1) is 0 Å². The first-order valence-electron chi connectivity index (χ1n) is 6.83. The molecule has 2 unspecified atom stereocenters. The molecular formula is C17H12N2O2. The van der Waals surface area contributed by atoms with Crippen molar-refractivity contribution in [2.45, 2.75) is 6.04 Å². The molecular weight excluding hydrogens is 264 g/mol. The van der Waals surface area contributed by atoms with E-state index in [-0.39, 0.29) is 17.9 Å². The van der Waals surface area contributed by atoms with Crippen molar-refractivity contribution in [2.24, 2.45) is 10.9 Å². The topological polar surface area (TPSA) is 58.5 Å². The molecule has 0 aromatic heterocycles. The summed E-state index contributed by atoms with van der Waals surface area (Å²) in [5, 5.41) is 2.82. The Bertz CT molecular complexity index is 780. The molecule has 4 nitrogen and oxygen atoms in total. The molecule has 1 heterocycles. The fourth-order valence-corrected chi connectivity index (χ4v) is 3.11. The predicted molar refractivity (Wildman–Crippen MR) is 78.5 cm³/mol. The van der Waals surface area contributed by atoms with E-state index in [0.717, 1.165) is 11.1 Å². The maximum atomic E-state index is 12.7. The highest BCUT2D eigenvalue weighted by atomic mass is 16.2. The van der Waals surface area contributed by atoms with Crippen LogP contribution in [0.25, 0.3) is 0 Å². The molecule has 4 rings (SSSR count). The highest BCUT2D eigenvalue weighted by molar-refractivity contribution is 6.31. The monoisotopic (exact) mass is 276 g/mol. The van der Waals surface area contributed by atoms with Crippen LogP contribution in [0.3, 0.4) is 0 Å². The van der Waals surface area contributed by atoms with Gasteiger partial charge in [-0.3, -0.25) is 4.79 Å². The summed E-state index contributed by atoms with van der Waals surface area (Å²) in [4.78, 5) is 28.6. The van der Waals surface area contributed by atoms with Gasteiger partial charge >= 0.3 is 6.03 Å². The average Bonchev–Trinajstić information content (AvgIpc) is 2.81. The average molecular weight is 276 g/mol. The Morgan fingerprint density at radius 2 is 1.52 bits per heavy atom. The Hall–Kier alpha value is -2.75. The third kappa shape index (κ3) is 1.72. The van der Waals surface area contributed by atoms with Gasteiger partial charge < -0.3 is 5.32 Å². The van der Waals surface area contributed by atoms with E-state index in [1.165, 1.54) is 0 Å². The molecule has 0 spiro atoms. The van der Waals surface area contributed by atoms with Crippen LogP contribution in [-0.4, -0.2) is 17.5 Å². The summed E-state index contributed by atoms with van der Waals surface area (Å²) >= 11 is 0. The molecule has 0 bridgehead atoms. The highest BCUT2D eigenvalue weighted by Crippen LogP contribution is 2.37. The van der Waals surface area contributed by atoms with Gasteiger partial charge in [-0.2, -0.15) is 4.99 Å². The quantitative estimate of drug-likeness (QED) is 0.870. The molecule has 21 heavy (non-hydrogen) atoms. The minimum absolute atomic E-state index is 0.0261. The van der Waals surface area contributed by atoms with Gasteiger partial charge in [-0.1, -0.05) is 54.6 Å². The van der Waals surface area contributed by atoms with Gasteiger partial charge in [0.15, 0.2) is 5.78 Å². The lowest BCUT2D eigenvalue weighted by Gasteiger charge is -2.27. The van der Waals surface area contributed by atoms with Gasteiger partial charge in [0, 0.05) is 11.1 Å². The predicted octanol–water partition coefficient (Wildman–Crippen LogP) is 2.75. The summed E-state index contributed by atoms with van der Waals surface area (Å²) < 4.78 is 0. The normalized spacial score (nSPS) is 23.1. The first kappa shape index (κ1) is 12.0. The van der Waals surface area contributed by atoms with E-state index in [0.29, 0.717) is 11.3 Å². The Kier molecular flexibility index (Phi) is 2.51. The third-order valence-electron chi connectivity index (χ3n) is 4.04. The van der Waals surface area contributed by atoms with Crippen LogP contribution in [-0.2, 0) is 0 Å². The zero-order valence-corrected chi connectivity index (χ0v) is 11.1. The van der Waals surface area contributed by atoms with Crippen molar-refractivity contribution in [2.75, 3.05) is 0 Å². The number of amides is 2. The van der Waals surface area contributed by atoms with Crippen molar-refractivity contribution < 1.29 is 9.59 Å². The van der Waals surface area contributed by atoms with E-state index in [4.69, 9.17) is 0 Å². The van der Waals surface area contributed by atoms with Gasteiger partial charge in [-0.25, -0.2) is 4.79 Å². The zero-order valence-electron chi connectivity index (χ0n) is 11.1. The molecule has 1 N–H and O–H groups in total. The first-order chi connectivity index (χ1) is 10.3. The van der Waals surface area contributed by atoms with E-state index in [1.54, 1.807) is 6.07 Å². The summed E-state index contributed by atoms with van der Waals surface area (Å²) in [6, 6.07) is 16.2. The number of nitrogens with one attached hydrogen (secondary N) is 1. The van der Waals surface area contributed by atoms with E-state index >= 15 is 0 Å². The fourth-order valence-electron chi connectivity index (χ4n) is 3.11. The van der Waals surface area contributed by atoms with E-state index < -0.39 is 5.92 Å². The number of urea groups is 1. The molecule has 0 radical (unpaired) electrons. The lowest BCUT2D eigenvalue weighted by atomic mass is 9.87. The maximum Gasteiger partial charge on any atom is 0.341 e. The summed E-state index contributed by atoms with van der Waals surface area (Å²) in [7, 11) is 0. The number of fused-ring (bicyclic) bond motifs is 3. The number of hydrogen-bond donors (Lipinski definition) is 1. The van der Waals surface area contributed by atoms with Crippen molar-refractivity contribution in [1.29, 1.82) is 0 Å². The van der Waals surface area contributed by atoms with E-state index in [1.807, 2.05) is 48.5 Å². The van der Waals surface area contributed by atoms with Gasteiger partial charge in [0.25, 0.3) is 0 Å². The Balaban J connectivity index is 1.88. The van der Waals surface area contributed by atoms with Crippen LogP contribution in [0.2, 0.25) is 0 Å². The minimum Gasteiger partial charge on any atom is -0.328 e. The fraction of sp³-hybridized carbons (Fsp3) is 0.118. The minimum atomic E-state index is -0.428. The molecule has 102 valence electrons. The number of carbonyl (C=O) groups is 2. The van der Waals surface area contributed by atoms with Crippen LogP contribution < -0.4 is 5.32 Å². The summed E-state index contributed by atoms with van der Waals surface area (Å²) in [6.45, 7) is 0. The number of ketones is 1. The molecule has 2 aromatic rings. The van der Waals surface area contributed by atoms with Crippen LogP contribution >= 0.6 is 0 Å². The molecule has 0 saturated carbocycles. The Labute approximate surface area is 121 Å². The number of nitrogens with zero attached hydrogens (tertiary/aromatic N) is 1. The largest absolute Gasteiger partial charge is 0.341 e. The lowest BCUT2D eigenvalue weighted by Crippen LogP contribution is -2.41. The van der Waals surface area contributed by atoms with E-state index in [9.17, 15) is 9.59 Å². The van der Waals surface area contributed by atoms with Crippen LogP contribution in [0.15, 0.2) is 59.6 Å². The lowest BCUT2D eigenvalue weighted by molar-refractivity contribution is 0.0942. The molecule has 1 aliphatic carbocycles.